The average molecular weight is 506 g/mol. The molecule has 1 aromatic heterocycles. The second kappa shape index (κ2) is 8.39. The highest BCUT2D eigenvalue weighted by Gasteiger charge is 2.69. The number of aromatic hydroxyl groups is 1. The number of ketones is 4. The van der Waals surface area contributed by atoms with E-state index in [9.17, 15) is 34.2 Å². The summed E-state index contributed by atoms with van der Waals surface area (Å²) in [6.07, 6.45) is 1.87. The average Bonchev–Trinajstić information content (AvgIpc) is 2.82. The Kier molecular flexibility index (Phi) is 5.65. The van der Waals surface area contributed by atoms with Crippen molar-refractivity contribution < 1.29 is 34.2 Å². The third-order valence-corrected chi connectivity index (χ3v) is 8.13. The minimum atomic E-state index is -2.73. The van der Waals surface area contributed by atoms with Gasteiger partial charge in [-0.3, -0.25) is 33.9 Å². The molecule has 192 valence electrons. The topological polar surface area (TPSA) is 168 Å². The summed E-state index contributed by atoms with van der Waals surface area (Å²) in [5.41, 5.74) is 5.23. The molecule has 0 aliphatic heterocycles. The van der Waals surface area contributed by atoms with Crippen molar-refractivity contribution in [2.45, 2.75) is 31.4 Å². The number of fused-ring (bicyclic) bond motifs is 3. The number of rotatable bonds is 3. The minimum absolute atomic E-state index is 0.000315. The van der Waals surface area contributed by atoms with Crippen molar-refractivity contribution in [3.63, 3.8) is 0 Å². The number of primary amides is 1. The molecule has 2 aromatic rings. The Morgan fingerprint density at radius 1 is 1.11 bits per heavy atom. The van der Waals surface area contributed by atoms with Crippen LogP contribution in [0.2, 0.25) is 0 Å². The molecule has 2 fully saturated rings. The van der Waals surface area contributed by atoms with Crippen LogP contribution in [0, 0.1) is 30.6 Å². The summed E-state index contributed by atoms with van der Waals surface area (Å²) < 4.78 is 0. The highest BCUT2D eigenvalue weighted by molar-refractivity contribution is 6.32. The summed E-state index contributed by atoms with van der Waals surface area (Å²) in [7, 11) is 3.10. The summed E-state index contributed by atoms with van der Waals surface area (Å²) in [5, 5.41) is 22.2. The number of aromatic nitrogens is 1. The maximum atomic E-state index is 13.8. The number of hydrogen-bond donors (Lipinski definition) is 3. The van der Waals surface area contributed by atoms with Gasteiger partial charge in [0.2, 0.25) is 5.91 Å². The number of likely N-dealkylation sites (N-methyl/N-ethyl adjacent to an activating group) is 1. The van der Waals surface area contributed by atoms with E-state index in [1.165, 1.54) is 11.0 Å². The number of pyridine rings is 1. The number of carbonyl (C=O) groups is 5. The molecule has 0 saturated heterocycles. The van der Waals surface area contributed by atoms with Crippen molar-refractivity contribution in [2.24, 2.45) is 29.4 Å². The van der Waals surface area contributed by atoms with Gasteiger partial charge < -0.3 is 15.9 Å². The number of carbonyl (C=O) groups excluding carboxylic acids is 5. The van der Waals surface area contributed by atoms with E-state index in [1.807, 2.05) is 13.0 Å². The fourth-order valence-electron chi connectivity index (χ4n) is 6.47. The Labute approximate surface area is 212 Å². The maximum Gasteiger partial charge on any atom is 0.235 e. The van der Waals surface area contributed by atoms with E-state index >= 15 is 0 Å². The first-order valence-corrected chi connectivity index (χ1v) is 12.0. The van der Waals surface area contributed by atoms with Gasteiger partial charge in [-0.05, 0) is 69.1 Å². The summed E-state index contributed by atoms with van der Waals surface area (Å²) in [5.74, 6) is -10.6. The Bertz CT molecular complexity index is 1380. The van der Waals surface area contributed by atoms with Crippen LogP contribution in [0.3, 0.4) is 0 Å². The SMILES string of the molecule is Cc1ccc(-c2ccc(O)c3c2C[C@@H]2C[C@@H]4[C@@H](N(C)C)C(=O)C(C(N)=O)C(=O)[C@]4(O)C(=O)C2C3=O)nc1. The molecule has 0 bridgehead atoms. The molecule has 1 amide bonds. The highest BCUT2D eigenvalue weighted by atomic mass is 16.3. The lowest BCUT2D eigenvalue weighted by Crippen LogP contribution is -2.74. The van der Waals surface area contributed by atoms with Gasteiger partial charge >= 0.3 is 0 Å². The zero-order valence-electron chi connectivity index (χ0n) is 20.6. The molecule has 10 nitrogen and oxygen atoms in total. The molecule has 3 aliphatic carbocycles. The normalized spacial score (nSPS) is 31.1. The van der Waals surface area contributed by atoms with Crippen molar-refractivity contribution in [3.05, 3.63) is 47.2 Å². The molecule has 0 radical (unpaired) electrons. The lowest BCUT2D eigenvalue weighted by Gasteiger charge is -2.52. The number of benzene rings is 1. The van der Waals surface area contributed by atoms with E-state index in [0.717, 1.165) is 5.56 Å². The summed E-state index contributed by atoms with van der Waals surface area (Å²) in [4.78, 5) is 72.0. The fourth-order valence-corrected chi connectivity index (χ4v) is 6.47. The minimum Gasteiger partial charge on any atom is -0.507 e. The first-order chi connectivity index (χ1) is 17.4. The van der Waals surface area contributed by atoms with Crippen LogP contribution in [-0.4, -0.2) is 74.9 Å². The predicted molar refractivity (Wildman–Crippen MR) is 129 cm³/mol. The van der Waals surface area contributed by atoms with Crippen molar-refractivity contribution in [1.29, 1.82) is 0 Å². The molecule has 2 saturated carbocycles. The van der Waals surface area contributed by atoms with Gasteiger partial charge in [-0.2, -0.15) is 0 Å². The van der Waals surface area contributed by atoms with Gasteiger partial charge in [-0.25, -0.2) is 0 Å². The molecule has 2 unspecified atom stereocenters. The van der Waals surface area contributed by atoms with Gasteiger partial charge in [0.15, 0.2) is 34.7 Å². The number of amides is 1. The standard InChI is InChI=1S/C27H27N3O7/c1-11-4-6-16(29-10-11)13-5-7-17(31)19-14(13)8-12-9-15-21(30(2)3)23(33)20(26(28)36)25(35)27(15,37)24(34)18(12)22(19)32/h4-7,10,12,15,18,20-21,31,37H,8-9H2,1-3H3,(H2,28,36)/t12-,15-,18?,20?,21-,27-/m1/s1. The fraction of sp³-hybridized carbons (Fsp3) is 0.407. The largest absolute Gasteiger partial charge is 0.507 e. The third-order valence-electron chi connectivity index (χ3n) is 8.13. The van der Waals surface area contributed by atoms with Crippen LogP contribution >= 0.6 is 0 Å². The number of hydrogen-bond acceptors (Lipinski definition) is 9. The molecule has 0 spiro atoms. The van der Waals surface area contributed by atoms with Crippen LogP contribution in [0.1, 0.15) is 27.9 Å². The third kappa shape index (κ3) is 3.39. The van der Waals surface area contributed by atoms with Crippen molar-refractivity contribution in [1.82, 2.24) is 9.88 Å². The first kappa shape index (κ1) is 24.9. The van der Waals surface area contributed by atoms with Crippen LogP contribution in [0.4, 0.5) is 0 Å². The zero-order valence-corrected chi connectivity index (χ0v) is 20.6. The molecular formula is C27H27N3O7. The van der Waals surface area contributed by atoms with Gasteiger partial charge in [-0.1, -0.05) is 6.07 Å². The number of aliphatic hydroxyl groups is 1. The van der Waals surface area contributed by atoms with Crippen LogP contribution < -0.4 is 5.73 Å². The van der Waals surface area contributed by atoms with Gasteiger partial charge in [-0.15, -0.1) is 0 Å². The Morgan fingerprint density at radius 3 is 2.41 bits per heavy atom. The number of phenols is 1. The zero-order chi connectivity index (χ0) is 27.0. The monoisotopic (exact) mass is 505 g/mol. The van der Waals surface area contributed by atoms with Crippen LogP contribution in [0.15, 0.2) is 30.5 Å². The van der Waals surface area contributed by atoms with E-state index in [4.69, 9.17) is 5.73 Å². The molecule has 1 aromatic carbocycles. The van der Waals surface area contributed by atoms with Crippen LogP contribution in [0.25, 0.3) is 11.3 Å². The number of nitrogens with zero attached hydrogens (tertiary/aromatic N) is 2. The summed E-state index contributed by atoms with van der Waals surface area (Å²) >= 11 is 0. The molecular weight excluding hydrogens is 478 g/mol. The number of phenolic OH excluding ortho intramolecular Hbond substituents is 1. The second-order valence-electron chi connectivity index (χ2n) is 10.5. The molecule has 1 heterocycles. The molecule has 10 heteroatoms. The maximum absolute atomic E-state index is 13.8. The van der Waals surface area contributed by atoms with E-state index < -0.39 is 64.4 Å². The molecule has 3 aliphatic rings. The number of aryl methyl sites for hydroxylation is 1. The Hall–Kier alpha value is -3.76. The first-order valence-electron chi connectivity index (χ1n) is 12.0. The van der Waals surface area contributed by atoms with E-state index in [-0.39, 0.29) is 24.2 Å². The van der Waals surface area contributed by atoms with E-state index in [1.54, 1.807) is 32.4 Å². The molecule has 4 N–H and O–H groups in total. The van der Waals surface area contributed by atoms with Crippen LogP contribution in [-0.2, 0) is 25.6 Å². The summed E-state index contributed by atoms with van der Waals surface area (Å²) in [6, 6.07) is 5.55. The molecule has 6 atom stereocenters. The van der Waals surface area contributed by atoms with Gasteiger partial charge in [0.05, 0.1) is 23.2 Å². The van der Waals surface area contributed by atoms with Gasteiger partial charge in [0, 0.05) is 17.7 Å². The Morgan fingerprint density at radius 2 is 1.81 bits per heavy atom. The lowest BCUT2D eigenvalue weighted by molar-refractivity contribution is -0.181. The van der Waals surface area contributed by atoms with E-state index in [0.29, 0.717) is 16.8 Å². The number of Topliss-reactive ketones (excluding diaryl/α,β-unsaturated/α-hetero) is 4. The highest BCUT2D eigenvalue weighted by Crippen LogP contribution is 2.51. The van der Waals surface area contributed by atoms with Gasteiger partial charge in [0.25, 0.3) is 0 Å². The number of nitrogens with two attached hydrogens (primary N) is 1. The molecule has 5 rings (SSSR count). The smallest absolute Gasteiger partial charge is 0.235 e. The van der Waals surface area contributed by atoms with Gasteiger partial charge in [0.1, 0.15) is 5.75 Å². The van der Waals surface area contributed by atoms with Crippen molar-refractivity contribution in [2.75, 3.05) is 14.1 Å². The van der Waals surface area contributed by atoms with E-state index in [2.05, 4.69) is 4.98 Å². The predicted octanol–water partition coefficient (Wildman–Crippen LogP) is 0.237. The molecule has 37 heavy (non-hydrogen) atoms. The second-order valence-corrected chi connectivity index (χ2v) is 10.5. The Balaban J connectivity index is 1.66. The van der Waals surface area contributed by atoms with Crippen molar-refractivity contribution >= 4 is 29.0 Å². The quantitative estimate of drug-likeness (QED) is 0.495. The van der Waals surface area contributed by atoms with Crippen LogP contribution in [0.5, 0.6) is 5.75 Å². The summed E-state index contributed by atoms with van der Waals surface area (Å²) in [6.45, 7) is 1.89. The van der Waals surface area contributed by atoms with Crippen molar-refractivity contribution in [3.8, 4) is 17.0 Å². The lowest BCUT2D eigenvalue weighted by atomic mass is 9.52.